The van der Waals surface area contributed by atoms with Crippen LogP contribution in [0.4, 0.5) is 5.95 Å². The smallest absolute Gasteiger partial charge is 0.339 e. The molecule has 0 aliphatic heterocycles. The average molecular weight is 290 g/mol. The Balaban J connectivity index is 2.23. The van der Waals surface area contributed by atoms with Crippen molar-refractivity contribution in [1.82, 2.24) is 9.97 Å². The van der Waals surface area contributed by atoms with Crippen LogP contribution < -0.4 is 11.1 Å². The zero-order chi connectivity index (χ0) is 15.4. The first-order chi connectivity index (χ1) is 10.1. The minimum atomic E-state index is -1.10. The Morgan fingerprint density at radius 2 is 2.19 bits per heavy atom. The number of carbonyl (C=O) groups excluding carboxylic acids is 2. The molecule has 1 aliphatic rings. The number of carbonyl (C=O) groups is 3. The van der Waals surface area contributed by atoms with Crippen LogP contribution in [0.3, 0.4) is 0 Å². The normalized spacial score (nSPS) is 14.6. The van der Waals surface area contributed by atoms with E-state index < -0.39 is 11.9 Å². The van der Waals surface area contributed by atoms with Gasteiger partial charge in [0.15, 0.2) is 0 Å². The lowest BCUT2D eigenvalue weighted by Gasteiger charge is -2.08. The van der Waals surface area contributed by atoms with Crippen LogP contribution in [0.2, 0.25) is 0 Å². The van der Waals surface area contributed by atoms with E-state index in [1.54, 1.807) is 0 Å². The van der Waals surface area contributed by atoms with E-state index in [-0.39, 0.29) is 29.5 Å². The maximum atomic E-state index is 11.8. The number of hydrogen-bond donors (Lipinski definition) is 3. The second-order valence-corrected chi connectivity index (χ2v) is 4.56. The molecule has 0 aromatic carbocycles. The first-order valence-electron chi connectivity index (χ1n) is 6.32. The van der Waals surface area contributed by atoms with Gasteiger partial charge in [0.1, 0.15) is 6.29 Å². The summed E-state index contributed by atoms with van der Waals surface area (Å²) in [6.07, 6.45) is 4.42. The molecule has 1 aliphatic carbocycles. The number of nitrogens with one attached hydrogen (secondary N) is 1. The molecule has 0 atom stereocenters. The molecule has 110 valence electrons. The Morgan fingerprint density at radius 1 is 1.48 bits per heavy atom. The number of anilines is 1. The van der Waals surface area contributed by atoms with E-state index in [9.17, 15) is 14.4 Å². The van der Waals surface area contributed by atoms with Gasteiger partial charge in [-0.15, -0.1) is 0 Å². The Bertz CT molecular complexity index is 623. The number of hydrogen-bond acceptors (Lipinski definition) is 6. The highest BCUT2D eigenvalue weighted by molar-refractivity contribution is 6.05. The summed E-state index contributed by atoms with van der Waals surface area (Å²) in [6.45, 7) is -0.104. The van der Waals surface area contributed by atoms with Crippen LogP contribution in [0.25, 0.3) is 0 Å². The average Bonchev–Trinajstić information content (AvgIpc) is 3.28. The second-order valence-electron chi connectivity index (χ2n) is 4.56. The highest BCUT2D eigenvalue weighted by Gasteiger charge is 2.30. The van der Waals surface area contributed by atoms with Crippen molar-refractivity contribution < 1.29 is 19.5 Å². The third-order valence-electron chi connectivity index (χ3n) is 3.02. The summed E-state index contributed by atoms with van der Waals surface area (Å²) < 4.78 is 0. The summed E-state index contributed by atoms with van der Waals surface area (Å²) in [5.74, 6) is -1.60. The van der Waals surface area contributed by atoms with Gasteiger partial charge in [0.05, 0.1) is 11.3 Å². The first kappa shape index (κ1) is 14.8. The van der Waals surface area contributed by atoms with Crippen LogP contribution in [-0.4, -0.2) is 39.8 Å². The SMILES string of the molecule is NC/C(=C/C=O)C(=O)Nc1ncc(C(=O)O)c(C2CC2)n1. The van der Waals surface area contributed by atoms with Gasteiger partial charge < -0.3 is 10.8 Å². The van der Waals surface area contributed by atoms with E-state index in [0.717, 1.165) is 18.9 Å². The summed E-state index contributed by atoms with van der Waals surface area (Å²) in [5.41, 5.74) is 5.90. The van der Waals surface area contributed by atoms with E-state index in [1.807, 2.05) is 0 Å². The van der Waals surface area contributed by atoms with E-state index in [2.05, 4.69) is 15.3 Å². The second kappa shape index (κ2) is 6.23. The van der Waals surface area contributed by atoms with Crippen molar-refractivity contribution in [3.8, 4) is 0 Å². The number of nitrogens with two attached hydrogens (primary N) is 1. The lowest BCUT2D eigenvalue weighted by Crippen LogP contribution is -2.22. The van der Waals surface area contributed by atoms with Gasteiger partial charge in [0.25, 0.3) is 5.91 Å². The summed E-state index contributed by atoms with van der Waals surface area (Å²) in [4.78, 5) is 41.2. The monoisotopic (exact) mass is 290 g/mol. The molecular weight excluding hydrogens is 276 g/mol. The molecule has 1 aromatic heterocycles. The lowest BCUT2D eigenvalue weighted by molar-refractivity contribution is -0.113. The number of aromatic nitrogens is 2. The minimum absolute atomic E-state index is 0.00264. The molecule has 0 radical (unpaired) electrons. The molecule has 0 unspecified atom stereocenters. The maximum absolute atomic E-state index is 11.8. The maximum Gasteiger partial charge on any atom is 0.339 e. The van der Waals surface area contributed by atoms with Crippen LogP contribution in [0.1, 0.15) is 34.8 Å². The van der Waals surface area contributed by atoms with Crippen LogP contribution in [-0.2, 0) is 9.59 Å². The number of amides is 1. The molecular formula is C13H14N4O4. The zero-order valence-corrected chi connectivity index (χ0v) is 11.1. The van der Waals surface area contributed by atoms with Crippen molar-refractivity contribution >= 4 is 24.1 Å². The van der Waals surface area contributed by atoms with Gasteiger partial charge in [-0.1, -0.05) is 0 Å². The standard InChI is InChI=1S/C13H14N4O4/c14-5-8(3-4-18)11(19)17-13-15-6-9(12(20)21)10(16-13)7-1-2-7/h3-4,6-7H,1-2,5,14H2,(H,20,21)(H,15,16,17,19)/b8-3-. The van der Waals surface area contributed by atoms with Gasteiger partial charge in [0.2, 0.25) is 5.95 Å². The summed E-state index contributed by atoms with van der Waals surface area (Å²) in [7, 11) is 0. The van der Waals surface area contributed by atoms with Crippen molar-refractivity contribution in [2.24, 2.45) is 5.73 Å². The van der Waals surface area contributed by atoms with Gasteiger partial charge in [-0.05, 0) is 18.9 Å². The van der Waals surface area contributed by atoms with E-state index >= 15 is 0 Å². The number of carboxylic acids is 1. The van der Waals surface area contributed by atoms with E-state index in [1.165, 1.54) is 6.20 Å². The first-order valence-corrected chi connectivity index (χ1v) is 6.32. The molecule has 21 heavy (non-hydrogen) atoms. The van der Waals surface area contributed by atoms with Gasteiger partial charge in [0, 0.05) is 24.2 Å². The molecule has 1 amide bonds. The lowest BCUT2D eigenvalue weighted by atomic mass is 10.1. The third-order valence-corrected chi connectivity index (χ3v) is 3.02. The van der Waals surface area contributed by atoms with Gasteiger partial charge in [-0.2, -0.15) is 0 Å². The Labute approximate surface area is 120 Å². The molecule has 0 spiro atoms. The van der Waals surface area contributed by atoms with Crippen molar-refractivity contribution in [3.63, 3.8) is 0 Å². The molecule has 1 heterocycles. The largest absolute Gasteiger partial charge is 0.478 e. The summed E-state index contributed by atoms with van der Waals surface area (Å²) >= 11 is 0. The third kappa shape index (κ3) is 3.48. The predicted octanol–water partition coefficient (Wildman–Crippen LogP) is 0.0747. The Kier molecular flexibility index (Phi) is 4.39. The molecule has 1 aromatic rings. The highest BCUT2D eigenvalue weighted by Crippen LogP contribution is 2.40. The highest BCUT2D eigenvalue weighted by atomic mass is 16.4. The van der Waals surface area contributed by atoms with Crippen molar-refractivity contribution in [2.75, 3.05) is 11.9 Å². The van der Waals surface area contributed by atoms with E-state index in [4.69, 9.17) is 10.8 Å². The molecule has 0 saturated heterocycles. The Hall–Kier alpha value is -2.61. The quantitative estimate of drug-likeness (QED) is 0.498. The summed E-state index contributed by atoms with van der Waals surface area (Å²) in [6, 6.07) is 0. The van der Waals surface area contributed by atoms with Gasteiger partial charge in [-0.25, -0.2) is 14.8 Å². The fraction of sp³-hybridized carbons (Fsp3) is 0.308. The van der Waals surface area contributed by atoms with E-state index in [0.29, 0.717) is 12.0 Å². The fourth-order valence-electron chi connectivity index (χ4n) is 1.79. The number of aromatic carboxylic acids is 1. The van der Waals surface area contributed by atoms with Crippen molar-refractivity contribution in [2.45, 2.75) is 18.8 Å². The molecule has 4 N–H and O–H groups in total. The Morgan fingerprint density at radius 3 is 2.71 bits per heavy atom. The van der Waals surface area contributed by atoms with Crippen LogP contribution in [0.15, 0.2) is 17.8 Å². The topological polar surface area (TPSA) is 135 Å². The number of carboxylic acid groups (broad SMARTS) is 1. The number of allylic oxidation sites excluding steroid dienone is 1. The molecule has 1 fully saturated rings. The van der Waals surface area contributed by atoms with Crippen LogP contribution in [0.5, 0.6) is 0 Å². The molecule has 1 saturated carbocycles. The van der Waals surface area contributed by atoms with Crippen LogP contribution >= 0.6 is 0 Å². The number of nitrogens with zero attached hydrogens (tertiary/aromatic N) is 2. The number of aldehydes is 1. The van der Waals surface area contributed by atoms with Crippen molar-refractivity contribution in [3.05, 3.63) is 29.1 Å². The molecule has 0 bridgehead atoms. The zero-order valence-electron chi connectivity index (χ0n) is 11.1. The van der Waals surface area contributed by atoms with Crippen molar-refractivity contribution in [1.29, 1.82) is 0 Å². The van der Waals surface area contributed by atoms with Gasteiger partial charge >= 0.3 is 5.97 Å². The molecule has 8 nitrogen and oxygen atoms in total. The predicted molar refractivity (Wildman–Crippen MR) is 72.8 cm³/mol. The molecule has 2 rings (SSSR count). The van der Waals surface area contributed by atoms with Crippen LogP contribution in [0, 0.1) is 0 Å². The van der Waals surface area contributed by atoms with Gasteiger partial charge in [-0.3, -0.25) is 14.9 Å². The fourth-order valence-corrected chi connectivity index (χ4v) is 1.79. The number of rotatable bonds is 6. The molecule has 8 heteroatoms. The minimum Gasteiger partial charge on any atom is -0.478 e. The summed E-state index contributed by atoms with van der Waals surface area (Å²) in [5, 5.41) is 11.5.